The lowest BCUT2D eigenvalue weighted by Crippen LogP contribution is -2.24. The van der Waals surface area contributed by atoms with E-state index in [-0.39, 0.29) is 5.78 Å². The van der Waals surface area contributed by atoms with Gasteiger partial charge in [0.25, 0.3) is 0 Å². The van der Waals surface area contributed by atoms with E-state index in [2.05, 4.69) is 43.0 Å². The average Bonchev–Trinajstić information content (AvgIpc) is 2.99. The van der Waals surface area contributed by atoms with Crippen LogP contribution in [0.3, 0.4) is 0 Å². The molecule has 0 fully saturated rings. The Labute approximate surface area is 125 Å². The van der Waals surface area contributed by atoms with E-state index in [0.717, 1.165) is 24.4 Å². The summed E-state index contributed by atoms with van der Waals surface area (Å²) in [5.74, 6) is 0.264. The molecule has 1 heterocycles. The number of thiophene rings is 1. The maximum Gasteiger partial charge on any atom is 0.172 e. The van der Waals surface area contributed by atoms with Crippen LogP contribution in [0.25, 0.3) is 0 Å². The molecule has 0 atom stereocenters. The Balaban J connectivity index is 1.85. The minimum absolute atomic E-state index is 0.264. The van der Waals surface area contributed by atoms with Crippen LogP contribution in [0.5, 0.6) is 0 Å². The van der Waals surface area contributed by atoms with Gasteiger partial charge in [-0.15, -0.1) is 11.3 Å². The summed E-state index contributed by atoms with van der Waals surface area (Å²) >= 11 is 1.53. The highest BCUT2D eigenvalue weighted by Crippen LogP contribution is 2.17. The van der Waals surface area contributed by atoms with Crippen LogP contribution in [0.4, 0.5) is 5.69 Å². The number of benzene rings is 1. The zero-order valence-corrected chi connectivity index (χ0v) is 13.0. The van der Waals surface area contributed by atoms with Crippen molar-refractivity contribution >= 4 is 22.8 Å². The highest BCUT2D eigenvalue weighted by atomic mass is 32.1. The quantitative estimate of drug-likeness (QED) is 0.696. The molecule has 0 saturated heterocycles. The van der Waals surface area contributed by atoms with Gasteiger partial charge in [0.2, 0.25) is 0 Å². The molecular formula is C17H21NOS. The lowest BCUT2D eigenvalue weighted by Gasteiger charge is -2.23. The number of nitrogens with zero attached hydrogens (tertiary/aromatic N) is 1. The average molecular weight is 287 g/mol. The Bertz CT molecular complexity index is 531. The third-order valence-electron chi connectivity index (χ3n) is 3.41. The first-order chi connectivity index (χ1) is 9.70. The summed E-state index contributed by atoms with van der Waals surface area (Å²) in [5.41, 5.74) is 2.51. The number of hydrogen-bond acceptors (Lipinski definition) is 3. The highest BCUT2D eigenvalue weighted by molar-refractivity contribution is 7.12. The number of carbonyl (C=O) groups is 1. The molecule has 0 radical (unpaired) electrons. The van der Waals surface area contributed by atoms with Crippen molar-refractivity contribution in [3.63, 3.8) is 0 Å². The molecule has 2 rings (SSSR count). The van der Waals surface area contributed by atoms with Crippen LogP contribution in [0.1, 0.15) is 35.0 Å². The lowest BCUT2D eigenvalue weighted by atomic mass is 10.1. The van der Waals surface area contributed by atoms with Crippen molar-refractivity contribution in [3.8, 4) is 0 Å². The van der Waals surface area contributed by atoms with Gasteiger partial charge in [-0.3, -0.25) is 4.79 Å². The molecule has 2 aromatic rings. The second-order valence-corrected chi connectivity index (χ2v) is 5.87. The molecule has 1 aromatic heterocycles. The summed E-state index contributed by atoms with van der Waals surface area (Å²) in [6.45, 7) is 6.15. The van der Waals surface area contributed by atoms with Gasteiger partial charge in [0, 0.05) is 25.2 Å². The molecule has 0 N–H and O–H groups in total. The topological polar surface area (TPSA) is 20.3 Å². The summed E-state index contributed by atoms with van der Waals surface area (Å²) in [6, 6.07) is 12.4. The van der Waals surface area contributed by atoms with Crippen LogP contribution >= 0.6 is 11.3 Å². The Kier molecular flexibility index (Phi) is 5.36. The molecule has 0 spiro atoms. The van der Waals surface area contributed by atoms with E-state index in [1.807, 2.05) is 17.5 Å². The van der Waals surface area contributed by atoms with Crippen LogP contribution in [-0.4, -0.2) is 18.9 Å². The normalized spacial score (nSPS) is 10.5. The second-order valence-electron chi connectivity index (χ2n) is 4.92. The Morgan fingerprint density at radius 2 is 1.95 bits per heavy atom. The van der Waals surface area contributed by atoms with Gasteiger partial charge < -0.3 is 4.90 Å². The molecule has 0 unspecified atom stereocenters. The van der Waals surface area contributed by atoms with Gasteiger partial charge in [-0.2, -0.15) is 0 Å². The molecule has 106 valence electrons. The van der Waals surface area contributed by atoms with Crippen LogP contribution < -0.4 is 4.90 Å². The van der Waals surface area contributed by atoms with Crippen molar-refractivity contribution < 1.29 is 4.79 Å². The van der Waals surface area contributed by atoms with Crippen LogP contribution in [0.15, 0.2) is 41.8 Å². The zero-order valence-electron chi connectivity index (χ0n) is 12.1. The first kappa shape index (κ1) is 14.8. The summed E-state index contributed by atoms with van der Waals surface area (Å²) in [5, 5.41) is 1.96. The smallest absolute Gasteiger partial charge is 0.172 e. The number of hydrogen-bond donors (Lipinski definition) is 0. The summed E-state index contributed by atoms with van der Waals surface area (Å²) in [4.78, 5) is 15.1. The molecule has 20 heavy (non-hydrogen) atoms. The number of rotatable bonds is 7. The van der Waals surface area contributed by atoms with Gasteiger partial charge in [0.1, 0.15) is 0 Å². The summed E-state index contributed by atoms with van der Waals surface area (Å²) < 4.78 is 0. The fourth-order valence-corrected chi connectivity index (χ4v) is 2.91. The zero-order chi connectivity index (χ0) is 14.4. The van der Waals surface area contributed by atoms with E-state index in [1.165, 1.54) is 22.6 Å². The largest absolute Gasteiger partial charge is 0.372 e. The van der Waals surface area contributed by atoms with Crippen LogP contribution in [-0.2, 0) is 0 Å². The third-order valence-corrected chi connectivity index (χ3v) is 4.32. The summed E-state index contributed by atoms with van der Waals surface area (Å²) in [7, 11) is 0. The van der Waals surface area contributed by atoms with Crippen molar-refractivity contribution in [2.24, 2.45) is 0 Å². The van der Waals surface area contributed by atoms with Crippen molar-refractivity contribution in [1.29, 1.82) is 0 Å². The molecule has 1 aromatic carbocycles. The maximum absolute atomic E-state index is 11.9. The van der Waals surface area contributed by atoms with Crippen LogP contribution in [0.2, 0.25) is 0 Å². The molecule has 0 aliphatic heterocycles. The molecule has 2 nitrogen and oxygen atoms in total. The number of ketones is 1. The fourth-order valence-electron chi connectivity index (χ4n) is 2.22. The minimum atomic E-state index is 0.264. The van der Waals surface area contributed by atoms with Gasteiger partial charge in [0.15, 0.2) is 5.78 Å². The molecule has 0 aliphatic rings. The lowest BCUT2D eigenvalue weighted by molar-refractivity contribution is 0.0984. The van der Waals surface area contributed by atoms with Crippen molar-refractivity contribution in [2.75, 3.05) is 18.0 Å². The fraction of sp³-hybridized carbons (Fsp3) is 0.353. The van der Waals surface area contributed by atoms with Gasteiger partial charge in [-0.25, -0.2) is 0 Å². The maximum atomic E-state index is 11.9. The van der Waals surface area contributed by atoms with E-state index in [4.69, 9.17) is 0 Å². The second kappa shape index (κ2) is 7.25. The molecule has 0 saturated carbocycles. The predicted molar refractivity (Wildman–Crippen MR) is 86.9 cm³/mol. The first-order valence-corrected chi connectivity index (χ1v) is 7.97. The number of aryl methyl sites for hydroxylation is 1. The van der Waals surface area contributed by atoms with Crippen molar-refractivity contribution in [2.45, 2.75) is 26.7 Å². The van der Waals surface area contributed by atoms with E-state index >= 15 is 0 Å². The molecule has 3 heteroatoms. The Morgan fingerprint density at radius 1 is 1.20 bits per heavy atom. The SMILES string of the molecule is CCN(CCCC(=O)c1cccs1)c1ccc(C)cc1. The van der Waals surface area contributed by atoms with Gasteiger partial charge in [-0.05, 0) is 43.8 Å². The van der Waals surface area contributed by atoms with Crippen LogP contribution in [0, 0.1) is 6.92 Å². The van der Waals surface area contributed by atoms with E-state index < -0.39 is 0 Å². The Morgan fingerprint density at radius 3 is 2.55 bits per heavy atom. The van der Waals surface area contributed by atoms with E-state index in [1.54, 1.807) is 0 Å². The molecule has 0 aliphatic carbocycles. The number of Topliss-reactive ketones (excluding diaryl/α,β-unsaturated/α-hetero) is 1. The standard InChI is InChI=1S/C17H21NOS/c1-3-18(15-10-8-14(2)9-11-15)12-4-6-16(19)17-7-5-13-20-17/h5,7-11,13H,3-4,6,12H2,1-2H3. The van der Waals surface area contributed by atoms with Gasteiger partial charge in [-0.1, -0.05) is 23.8 Å². The predicted octanol–water partition coefficient (Wildman–Crippen LogP) is 4.55. The van der Waals surface area contributed by atoms with E-state index in [0.29, 0.717) is 6.42 Å². The van der Waals surface area contributed by atoms with E-state index in [9.17, 15) is 4.79 Å². The monoisotopic (exact) mass is 287 g/mol. The van der Waals surface area contributed by atoms with Crippen molar-refractivity contribution in [1.82, 2.24) is 0 Å². The molecular weight excluding hydrogens is 266 g/mol. The van der Waals surface area contributed by atoms with Gasteiger partial charge >= 0.3 is 0 Å². The third kappa shape index (κ3) is 3.94. The minimum Gasteiger partial charge on any atom is -0.372 e. The van der Waals surface area contributed by atoms with Crippen molar-refractivity contribution in [3.05, 3.63) is 52.2 Å². The number of carbonyl (C=O) groups excluding carboxylic acids is 1. The summed E-state index contributed by atoms with van der Waals surface area (Å²) in [6.07, 6.45) is 1.53. The Hall–Kier alpha value is -1.61. The highest BCUT2D eigenvalue weighted by Gasteiger charge is 2.08. The first-order valence-electron chi connectivity index (χ1n) is 7.09. The molecule has 0 amide bonds. The number of anilines is 1. The molecule has 0 bridgehead atoms. The van der Waals surface area contributed by atoms with Gasteiger partial charge in [0.05, 0.1) is 4.88 Å².